The van der Waals surface area contributed by atoms with Gasteiger partial charge in [0.15, 0.2) is 0 Å². The Morgan fingerprint density at radius 2 is 1.83 bits per heavy atom. The predicted octanol–water partition coefficient (Wildman–Crippen LogP) is 1.11. The van der Waals surface area contributed by atoms with Gasteiger partial charge in [-0.15, -0.1) is 0 Å². The van der Waals surface area contributed by atoms with Crippen LogP contribution in [0.15, 0.2) is 35.2 Å². The third kappa shape index (κ3) is 5.65. The number of sulfonamides is 1. The first kappa shape index (κ1) is 19.1. The highest BCUT2D eigenvalue weighted by Crippen LogP contribution is 2.13. The molecule has 0 aliphatic rings. The molecule has 8 heteroatoms. The Kier molecular flexibility index (Phi) is 6.71. The van der Waals surface area contributed by atoms with Crippen LogP contribution in [0.4, 0.5) is 0 Å². The molecule has 7 nitrogen and oxygen atoms in total. The van der Waals surface area contributed by atoms with Gasteiger partial charge in [0.05, 0.1) is 4.90 Å². The number of benzene rings is 1. The van der Waals surface area contributed by atoms with Crippen molar-refractivity contribution >= 4 is 21.9 Å². The van der Waals surface area contributed by atoms with Crippen molar-refractivity contribution in [2.24, 2.45) is 0 Å². The van der Waals surface area contributed by atoms with Crippen molar-refractivity contribution in [2.75, 3.05) is 6.54 Å². The maximum absolute atomic E-state index is 12.0. The number of aliphatic carboxylic acids is 1. The van der Waals surface area contributed by atoms with Gasteiger partial charge in [-0.05, 0) is 25.5 Å². The van der Waals surface area contributed by atoms with Crippen LogP contribution < -0.4 is 10.0 Å². The number of nitrogens with one attached hydrogen (secondary N) is 2. The van der Waals surface area contributed by atoms with Crippen LogP contribution in [0.3, 0.4) is 0 Å². The molecule has 1 unspecified atom stereocenters. The van der Waals surface area contributed by atoms with Gasteiger partial charge < -0.3 is 10.4 Å². The second-order valence-corrected chi connectivity index (χ2v) is 7.16. The number of hydrogen-bond donors (Lipinski definition) is 3. The molecule has 0 fully saturated rings. The van der Waals surface area contributed by atoms with Crippen LogP contribution >= 0.6 is 0 Å². The molecule has 0 bridgehead atoms. The zero-order valence-corrected chi connectivity index (χ0v) is 14.0. The number of rotatable bonds is 9. The highest BCUT2D eigenvalue weighted by Gasteiger charge is 2.33. The average Bonchev–Trinajstić information content (AvgIpc) is 2.48. The molecule has 3 N–H and O–H groups in total. The Morgan fingerprint density at radius 1 is 1.22 bits per heavy atom. The van der Waals surface area contributed by atoms with E-state index < -0.39 is 27.4 Å². The summed E-state index contributed by atoms with van der Waals surface area (Å²) in [5, 5.41) is 11.6. The summed E-state index contributed by atoms with van der Waals surface area (Å²) in [7, 11) is -3.67. The Hall–Kier alpha value is -1.93. The van der Waals surface area contributed by atoms with Crippen molar-refractivity contribution < 1.29 is 23.1 Å². The molecular formula is C15H22N2O5S. The summed E-state index contributed by atoms with van der Waals surface area (Å²) in [5.41, 5.74) is -1.34. The van der Waals surface area contributed by atoms with Gasteiger partial charge in [0, 0.05) is 13.0 Å². The highest BCUT2D eigenvalue weighted by molar-refractivity contribution is 7.89. The predicted molar refractivity (Wildman–Crippen MR) is 85.3 cm³/mol. The van der Waals surface area contributed by atoms with Gasteiger partial charge in [-0.25, -0.2) is 17.9 Å². The normalized spacial score (nSPS) is 14.0. The van der Waals surface area contributed by atoms with Gasteiger partial charge in [-0.1, -0.05) is 31.5 Å². The Bertz CT molecular complexity index is 645. The first-order valence-electron chi connectivity index (χ1n) is 7.30. The van der Waals surface area contributed by atoms with Crippen molar-refractivity contribution in [3.05, 3.63) is 30.3 Å². The quantitative estimate of drug-likeness (QED) is 0.622. The molecule has 1 aromatic rings. The third-order valence-electron chi connectivity index (χ3n) is 3.33. The smallest absolute Gasteiger partial charge is 0.329 e. The first-order valence-corrected chi connectivity index (χ1v) is 8.79. The lowest BCUT2D eigenvalue weighted by Gasteiger charge is -2.25. The summed E-state index contributed by atoms with van der Waals surface area (Å²) < 4.78 is 26.3. The van der Waals surface area contributed by atoms with E-state index in [4.69, 9.17) is 0 Å². The lowest BCUT2D eigenvalue weighted by atomic mass is 9.96. The Labute approximate surface area is 136 Å². The molecule has 0 aliphatic carbocycles. The number of carboxylic acids is 1. The van der Waals surface area contributed by atoms with Crippen LogP contribution in [0.2, 0.25) is 0 Å². The highest BCUT2D eigenvalue weighted by atomic mass is 32.2. The molecule has 0 spiro atoms. The van der Waals surface area contributed by atoms with Gasteiger partial charge in [0.2, 0.25) is 15.9 Å². The van der Waals surface area contributed by atoms with E-state index in [1.807, 2.05) is 6.92 Å². The molecule has 23 heavy (non-hydrogen) atoms. The molecule has 0 heterocycles. The van der Waals surface area contributed by atoms with E-state index in [9.17, 15) is 23.1 Å². The molecule has 0 saturated heterocycles. The van der Waals surface area contributed by atoms with Crippen molar-refractivity contribution in [1.29, 1.82) is 0 Å². The minimum absolute atomic E-state index is 0.106. The van der Waals surface area contributed by atoms with E-state index in [-0.39, 0.29) is 17.9 Å². The van der Waals surface area contributed by atoms with Gasteiger partial charge in [0.25, 0.3) is 0 Å². The zero-order chi connectivity index (χ0) is 17.5. The number of carboxylic acid groups (broad SMARTS) is 1. The number of hydrogen-bond acceptors (Lipinski definition) is 4. The molecule has 0 radical (unpaired) electrons. The molecule has 1 rings (SSSR count). The van der Waals surface area contributed by atoms with Crippen LogP contribution in [0.5, 0.6) is 0 Å². The molecule has 128 valence electrons. The van der Waals surface area contributed by atoms with Crippen LogP contribution in [0.1, 0.15) is 33.1 Å². The Morgan fingerprint density at radius 3 is 2.35 bits per heavy atom. The molecule has 1 aromatic carbocycles. The van der Waals surface area contributed by atoms with Gasteiger partial charge >= 0.3 is 5.97 Å². The SMILES string of the molecule is CCCC(C)(NC(=O)CCNS(=O)(=O)c1ccccc1)C(=O)O. The second kappa shape index (κ2) is 8.07. The maximum atomic E-state index is 12.0. The summed E-state index contributed by atoms with van der Waals surface area (Å²) in [6, 6.07) is 7.80. The second-order valence-electron chi connectivity index (χ2n) is 5.40. The maximum Gasteiger partial charge on any atom is 0.329 e. The van der Waals surface area contributed by atoms with Gasteiger partial charge in [-0.2, -0.15) is 0 Å². The number of carbonyl (C=O) groups excluding carboxylic acids is 1. The van der Waals surface area contributed by atoms with Gasteiger partial charge in [0.1, 0.15) is 5.54 Å². The van der Waals surface area contributed by atoms with Crippen LogP contribution in [-0.2, 0) is 19.6 Å². The van der Waals surface area contributed by atoms with E-state index in [1.165, 1.54) is 19.1 Å². The van der Waals surface area contributed by atoms with Crippen molar-refractivity contribution in [3.8, 4) is 0 Å². The summed E-state index contributed by atoms with van der Waals surface area (Å²) in [4.78, 5) is 23.2. The molecule has 0 aromatic heterocycles. The monoisotopic (exact) mass is 342 g/mol. The van der Waals surface area contributed by atoms with E-state index in [1.54, 1.807) is 18.2 Å². The van der Waals surface area contributed by atoms with Crippen molar-refractivity contribution in [3.63, 3.8) is 0 Å². The fourth-order valence-electron chi connectivity index (χ4n) is 2.08. The summed E-state index contributed by atoms with van der Waals surface area (Å²) in [6.45, 7) is 3.15. The summed E-state index contributed by atoms with van der Waals surface area (Å²) in [5.74, 6) is -1.63. The van der Waals surface area contributed by atoms with E-state index >= 15 is 0 Å². The van der Waals surface area contributed by atoms with Crippen molar-refractivity contribution in [1.82, 2.24) is 10.0 Å². The lowest BCUT2D eigenvalue weighted by Crippen LogP contribution is -2.52. The molecule has 1 amide bonds. The summed E-state index contributed by atoms with van der Waals surface area (Å²) in [6.07, 6.45) is 0.756. The number of amides is 1. The topological polar surface area (TPSA) is 113 Å². The lowest BCUT2D eigenvalue weighted by molar-refractivity contribution is -0.147. The molecule has 0 saturated carbocycles. The molecule has 1 atom stereocenters. The number of carbonyl (C=O) groups is 2. The first-order chi connectivity index (χ1) is 10.7. The molecule has 0 aliphatic heterocycles. The minimum atomic E-state index is -3.67. The Balaban J connectivity index is 2.55. The third-order valence-corrected chi connectivity index (χ3v) is 4.81. The standard InChI is InChI=1S/C15H22N2O5S/c1-3-10-15(2,14(19)20)17-13(18)9-11-16-23(21,22)12-7-5-4-6-8-12/h4-8,16H,3,9-11H2,1-2H3,(H,17,18)(H,19,20). The van der Waals surface area contributed by atoms with E-state index in [0.717, 1.165) is 0 Å². The minimum Gasteiger partial charge on any atom is -0.480 e. The fraction of sp³-hybridized carbons (Fsp3) is 0.467. The van der Waals surface area contributed by atoms with E-state index in [2.05, 4.69) is 10.0 Å². The largest absolute Gasteiger partial charge is 0.480 e. The molecular weight excluding hydrogens is 320 g/mol. The van der Waals surface area contributed by atoms with Gasteiger partial charge in [-0.3, -0.25) is 4.79 Å². The zero-order valence-electron chi connectivity index (χ0n) is 13.2. The van der Waals surface area contributed by atoms with Crippen molar-refractivity contribution in [2.45, 2.75) is 43.5 Å². The van der Waals surface area contributed by atoms with Crippen LogP contribution in [0, 0.1) is 0 Å². The summed E-state index contributed by atoms with van der Waals surface area (Å²) >= 11 is 0. The average molecular weight is 342 g/mol. The van der Waals surface area contributed by atoms with Crippen LogP contribution in [0.25, 0.3) is 0 Å². The van der Waals surface area contributed by atoms with E-state index in [0.29, 0.717) is 12.8 Å². The van der Waals surface area contributed by atoms with Crippen LogP contribution in [-0.4, -0.2) is 37.5 Å². The fourth-order valence-corrected chi connectivity index (χ4v) is 3.13.